The largest absolute Gasteiger partial charge is 0.412 e. The monoisotopic (exact) mass is 342 g/mol. The maximum atomic E-state index is 11.0. The van der Waals surface area contributed by atoms with Crippen molar-refractivity contribution in [2.75, 3.05) is 12.0 Å². The molecule has 1 heterocycles. The third kappa shape index (κ3) is 4.88. The number of hydrazine groups is 1. The van der Waals surface area contributed by atoms with Crippen LogP contribution in [-0.2, 0) is 4.79 Å². The fourth-order valence-corrected chi connectivity index (χ4v) is 1.28. The van der Waals surface area contributed by atoms with Crippen LogP contribution in [0, 0.1) is 0 Å². The number of nitrogens with two attached hydrogens (primary N) is 1. The SMILES string of the molecule is Br.NCC(=O)NNc1nncc(-c2ccccc2)n1.O. The third-order valence-corrected chi connectivity index (χ3v) is 2.13. The molecule has 0 saturated carbocycles. The zero-order valence-electron chi connectivity index (χ0n) is 10.4. The molecular formula is C11H15BrN6O2. The van der Waals surface area contributed by atoms with Crippen LogP contribution in [0.4, 0.5) is 5.95 Å². The number of rotatable bonds is 4. The molecule has 2 rings (SSSR count). The van der Waals surface area contributed by atoms with E-state index in [1.54, 1.807) is 6.20 Å². The Morgan fingerprint density at radius 2 is 1.95 bits per heavy atom. The molecule has 8 nitrogen and oxygen atoms in total. The lowest BCUT2D eigenvalue weighted by atomic mass is 10.2. The zero-order chi connectivity index (χ0) is 12.8. The van der Waals surface area contributed by atoms with Gasteiger partial charge in [0.1, 0.15) is 0 Å². The number of carbonyl (C=O) groups is 1. The van der Waals surface area contributed by atoms with Crippen molar-refractivity contribution in [2.24, 2.45) is 5.73 Å². The molecular weight excluding hydrogens is 328 g/mol. The molecule has 1 amide bonds. The van der Waals surface area contributed by atoms with Crippen molar-refractivity contribution in [1.29, 1.82) is 0 Å². The summed E-state index contributed by atoms with van der Waals surface area (Å²) in [6.07, 6.45) is 1.55. The Morgan fingerprint density at radius 3 is 2.60 bits per heavy atom. The van der Waals surface area contributed by atoms with Gasteiger partial charge in [0.05, 0.1) is 18.4 Å². The molecule has 20 heavy (non-hydrogen) atoms. The lowest BCUT2D eigenvalue weighted by Gasteiger charge is -2.06. The van der Waals surface area contributed by atoms with Crippen LogP contribution in [0.15, 0.2) is 36.5 Å². The predicted molar refractivity (Wildman–Crippen MR) is 80.0 cm³/mol. The summed E-state index contributed by atoms with van der Waals surface area (Å²) in [5, 5.41) is 7.55. The first-order chi connectivity index (χ1) is 8.79. The van der Waals surface area contributed by atoms with Crippen molar-refractivity contribution in [1.82, 2.24) is 20.6 Å². The second-order valence-corrected chi connectivity index (χ2v) is 3.41. The van der Waals surface area contributed by atoms with Crippen molar-refractivity contribution in [3.63, 3.8) is 0 Å². The highest BCUT2D eigenvalue weighted by atomic mass is 79.9. The summed E-state index contributed by atoms with van der Waals surface area (Å²) in [6, 6.07) is 9.54. The molecule has 2 aromatic rings. The van der Waals surface area contributed by atoms with E-state index in [-0.39, 0.29) is 40.9 Å². The first-order valence-electron chi connectivity index (χ1n) is 5.29. The lowest BCUT2D eigenvalue weighted by molar-refractivity contribution is -0.119. The van der Waals surface area contributed by atoms with Gasteiger partial charge in [0.2, 0.25) is 0 Å². The molecule has 1 aromatic carbocycles. The number of hydrogen-bond acceptors (Lipinski definition) is 6. The van der Waals surface area contributed by atoms with Gasteiger partial charge in [-0.3, -0.25) is 15.6 Å². The highest BCUT2D eigenvalue weighted by Gasteiger charge is 2.03. The van der Waals surface area contributed by atoms with Crippen LogP contribution >= 0.6 is 17.0 Å². The normalized spacial score (nSPS) is 8.85. The van der Waals surface area contributed by atoms with Crippen LogP contribution in [0.2, 0.25) is 0 Å². The quantitative estimate of drug-likeness (QED) is 0.652. The number of hydrogen-bond donors (Lipinski definition) is 3. The minimum Gasteiger partial charge on any atom is -0.412 e. The Balaban J connectivity index is 0.00000180. The third-order valence-electron chi connectivity index (χ3n) is 2.13. The van der Waals surface area contributed by atoms with Crippen molar-refractivity contribution in [3.8, 4) is 11.3 Å². The number of benzene rings is 1. The summed E-state index contributed by atoms with van der Waals surface area (Å²) in [7, 11) is 0. The van der Waals surface area contributed by atoms with Gasteiger partial charge >= 0.3 is 0 Å². The average molecular weight is 343 g/mol. The van der Waals surface area contributed by atoms with E-state index >= 15 is 0 Å². The molecule has 0 aliphatic heterocycles. The van der Waals surface area contributed by atoms with Crippen molar-refractivity contribution in [2.45, 2.75) is 0 Å². The van der Waals surface area contributed by atoms with Gasteiger partial charge in [-0.05, 0) is 0 Å². The Labute approximate surface area is 125 Å². The minimum absolute atomic E-state index is 0. The average Bonchev–Trinajstić information content (AvgIpc) is 2.46. The van der Waals surface area contributed by atoms with Gasteiger partial charge in [-0.1, -0.05) is 30.3 Å². The summed E-state index contributed by atoms with van der Waals surface area (Å²) in [6.45, 7) is -0.112. The van der Waals surface area contributed by atoms with Crippen molar-refractivity contribution >= 4 is 28.8 Å². The number of anilines is 1. The van der Waals surface area contributed by atoms with E-state index in [2.05, 4.69) is 26.0 Å². The number of nitrogens with zero attached hydrogens (tertiary/aromatic N) is 3. The molecule has 0 saturated heterocycles. The van der Waals surface area contributed by atoms with Gasteiger partial charge in [-0.25, -0.2) is 4.98 Å². The summed E-state index contributed by atoms with van der Waals surface area (Å²) in [5.41, 5.74) is 11.6. The smallest absolute Gasteiger partial charge is 0.262 e. The van der Waals surface area contributed by atoms with Crippen LogP contribution in [0.25, 0.3) is 11.3 Å². The van der Waals surface area contributed by atoms with Gasteiger partial charge in [-0.15, -0.1) is 22.1 Å². The van der Waals surface area contributed by atoms with Gasteiger partial charge in [0.15, 0.2) is 0 Å². The second kappa shape index (κ2) is 8.91. The molecule has 0 bridgehead atoms. The van der Waals surface area contributed by atoms with Crippen molar-refractivity contribution in [3.05, 3.63) is 36.5 Å². The van der Waals surface area contributed by atoms with E-state index < -0.39 is 0 Å². The molecule has 9 heteroatoms. The highest BCUT2D eigenvalue weighted by molar-refractivity contribution is 8.93. The molecule has 6 N–H and O–H groups in total. The summed E-state index contributed by atoms with van der Waals surface area (Å²) < 4.78 is 0. The number of aromatic nitrogens is 3. The Kier molecular flexibility index (Phi) is 7.97. The molecule has 0 spiro atoms. The molecule has 0 unspecified atom stereocenters. The zero-order valence-corrected chi connectivity index (χ0v) is 12.1. The van der Waals surface area contributed by atoms with Crippen molar-refractivity contribution < 1.29 is 10.3 Å². The Morgan fingerprint density at radius 1 is 1.25 bits per heavy atom. The van der Waals surface area contributed by atoms with E-state index in [4.69, 9.17) is 5.73 Å². The lowest BCUT2D eigenvalue weighted by Crippen LogP contribution is -2.35. The summed E-state index contributed by atoms with van der Waals surface area (Å²) in [5.74, 6) is -0.151. The fraction of sp³-hybridized carbons (Fsp3) is 0.0909. The number of halogens is 1. The maximum absolute atomic E-state index is 11.0. The topological polar surface area (TPSA) is 137 Å². The first-order valence-corrected chi connectivity index (χ1v) is 5.29. The van der Waals surface area contributed by atoms with Crippen LogP contribution < -0.4 is 16.6 Å². The highest BCUT2D eigenvalue weighted by Crippen LogP contribution is 2.15. The van der Waals surface area contributed by atoms with E-state index in [0.717, 1.165) is 5.56 Å². The van der Waals surface area contributed by atoms with Gasteiger partial charge in [0.25, 0.3) is 11.9 Å². The van der Waals surface area contributed by atoms with Gasteiger partial charge in [-0.2, -0.15) is 5.10 Å². The maximum Gasteiger partial charge on any atom is 0.262 e. The van der Waals surface area contributed by atoms with E-state index in [9.17, 15) is 4.79 Å². The molecule has 108 valence electrons. The van der Waals surface area contributed by atoms with Crippen LogP contribution in [-0.4, -0.2) is 33.1 Å². The minimum atomic E-state index is -0.358. The van der Waals surface area contributed by atoms with Gasteiger partial charge in [0, 0.05) is 5.56 Å². The number of carbonyl (C=O) groups excluding carboxylic acids is 1. The standard InChI is InChI=1S/C11H12N6O.BrH.H2O/c12-6-10(18)15-17-11-14-9(7-13-16-11)8-4-2-1-3-5-8;;/h1-5,7H,6,12H2,(H,15,18)(H,14,16,17);1H;1H2. The molecule has 0 radical (unpaired) electrons. The summed E-state index contributed by atoms with van der Waals surface area (Å²) in [4.78, 5) is 15.2. The Bertz CT molecular complexity index is 539. The molecule has 1 aromatic heterocycles. The van der Waals surface area contributed by atoms with E-state index in [1.807, 2.05) is 30.3 Å². The van der Waals surface area contributed by atoms with Crippen LogP contribution in [0.3, 0.4) is 0 Å². The van der Waals surface area contributed by atoms with Crippen LogP contribution in [0.1, 0.15) is 0 Å². The molecule has 0 aliphatic rings. The van der Waals surface area contributed by atoms with E-state index in [1.165, 1.54) is 0 Å². The first kappa shape index (κ1) is 17.9. The Hall–Kier alpha value is -2.10. The molecule has 0 fully saturated rings. The second-order valence-electron chi connectivity index (χ2n) is 3.41. The number of nitrogens with one attached hydrogen (secondary N) is 2. The van der Waals surface area contributed by atoms with E-state index in [0.29, 0.717) is 5.69 Å². The molecule has 0 aliphatic carbocycles. The number of amides is 1. The summed E-state index contributed by atoms with van der Waals surface area (Å²) >= 11 is 0. The predicted octanol–water partition coefficient (Wildman–Crippen LogP) is -0.306. The van der Waals surface area contributed by atoms with Crippen LogP contribution in [0.5, 0.6) is 0 Å². The van der Waals surface area contributed by atoms with Gasteiger partial charge < -0.3 is 11.2 Å². The molecule has 0 atom stereocenters. The fourth-order valence-electron chi connectivity index (χ4n) is 1.28.